The average molecular weight is 297 g/mol. The van der Waals surface area contributed by atoms with E-state index >= 15 is 0 Å². The molecule has 0 aliphatic carbocycles. The van der Waals surface area contributed by atoms with Crippen LogP contribution in [0.15, 0.2) is 35.6 Å². The maximum Gasteiger partial charge on any atom is 0.243 e. The summed E-state index contributed by atoms with van der Waals surface area (Å²) in [5.41, 5.74) is 1.29. The van der Waals surface area contributed by atoms with E-state index in [0.717, 1.165) is 16.4 Å². The molecule has 0 fully saturated rings. The van der Waals surface area contributed by atoms with Gasteiger partial charge in [0.05, 0.1) is 17.1 Å². The summed E-state index contributed by atoms with van der Waals surface area (Å²) in [6.07, 6.45) is 2.86. The highest BCUT2D eigenvalue weighted by atomic mass is 32.2. The standard InChI is InChI=1S/C12H9F2N3O2S/c13-9-1-10(14)3-11(2-9)20(18,19)17-5-8-4-15-7-16-12(8)6-17/h1-4,7H,5-6H2. The second-order valence-electron chi connectivity index (χ2n) is 4.37. The topological polar surface area (TPSA) is 63.2 Å². The number of aromatic nitrogens is 2. The van der Waals surface area contributed by atoms with Crippen LogP contribution in [0.3, 0.4) is 0 Å². The van der Waals surface area contributed by atoms with Gasteiger partial charge in [0.25, 0.3) is 0 Å². The molecule has 0 N–H and O–H groups in total. The lowest BCUT2D eigenvalue weighted by Gasteiger charge is -2.15. The number of sulfonamides is 1. The fourth-order valence-corrected chi connectivity index (χ4v) is 3.49. The van der Waals surface area contributed by atoms with Crippen molar-refractivity contribution in [2.75, 3.05) is 0 Å². The van der Waals surface area contributed by atoms with Gasteiger partial charge in [0.2, 0.25) is 10.0 Å². The van der Waals surface area contributed by atoms with Crippen molar-refractivity contribution in [1.82, 2.24) is 14.3 Å². The van der Waals surface area contributed by atoms with Gasteiger partial charge in [0, 0.05) is 24.4 Å². The first-order valence-electron chi connectivity index (χ1n) is 5.71. The molecule has 2 aromatic rings. The Labute approximate surface area is 114 Å². The fraction of sp³-hybridized carbons (Fsp3) is 0.167. The summed E-state index contributed by atoms with van der Waals surface area (Å²) < 4.78 is 52.1. The molecule has 104 valence electrons. The zero-order chi connectivity index (χ0) is 14.3. The maximum absolute atomic E-state index is 13.2. The average Bonchev–Trinajstić information content (AvgIpc) is 2.82. The van der Waals surface area contributed by atoms with Gasteiger partial charge < -0.3 is 0 Å². The summed E-state index contributed by atoms with van der Waals surface area (Å²) in [6.45, 7) is 0.162. The molecule has 0 radical (unpaired) electrons. The Bertz CT molecular complexity index is 735. The minimum atomic E-state index is -3.97. The molecule has 1 aromatic carbocycles. The van der Waals surface area contributed by atoms with Crippen LogP contribution in [0.2, 0.25) is 0 Å². The molecular weight excluding hydrogens is 288 g/mol. The van der Waals surface area contributed by atoms with Crippen molar-refractivity contribution in [1.29, 1.82) is 0 Å². The first-order valence-corrected chi connectivity index (χ1v) is 7.15. The quantitative estimate of drug-likeness (QED) is 0.842. The third-order valence-electron chi connectivity index (χ3n) is 3.03. The molecule has 1 aliphatic rings. The van der Waals surface area contributed by atoms with Gasteiger partial charge in [-0.25, -0.2) is 27.2 Å². The summed E-state index contributed by atoms with van der Waals surface area (Å²) in [5, 5.41) is 0. The lowest BCUT2D eigenvalue weighted by Crippen LogP contribution is -2.26. The number of benzene rings is 1. The first-order chi connectivity index (χ1) is 9.46. The van der Waals surface area contributed by atoms with Crippen LogP contribution in [0.5, 0.6) is 0 Å². The van der Waals surface area contributed by atoms with E-state index in [9.17, 15) is 17.2 Å². The van der Waals surface area contributed by atoms with E-state index in [1.807, 2.05) is 0 Å². The van der Waals surface area contributed by atoms with Crippen molar-refractivity contribution in [3.8, 4) is 0 Å². The third kappa shape index (κ3) is 2.16. The summed E-state index contributed by atoms with van der Waals surface area (Å²) in [6, 6.07) is 2.23. The van der Waals surface area contributed by atoms with Crippen molar-refractivity contribution >= 4 is 10.0 Å². The fourth-order valence-electron chi connectivity index (χ4n) is 2.07. The summed E-state index contributed by atoms with van der Waals surface area (Å²) in [4.78, 5) is 7.40. The lowest BCUT2D eigenvalue weighted by molar-refractivity contribution is 0.428. The van der Waals surface area contributed by atoms with E-state index in [-0.39, 0.29) is 13.1 Å². The Morgan fingerprint density at radius 1 is 1.10 bits per heavy atom. The monoisotopic (exact) mass is 297 g/mol. The maximum atomic E-state index is 13.2. The summed E-state index contributed by atoms with van der Waals surface area (Å²) in [5.74, 6) is -1.86. The van der Waals surface area contributed by atoms with Crippen LogP contribution < -0.4 is 0 Å². The van der Waals surface area contributed by atoms with E-state index in [1.165, 1.54) is 12.5 Å². The number of rotatable bonds is 2. The van der Waals surface area contributed by atoms with Crippen LogP contribution >= 0.6 is 0 Å². The summed E-state index contributed by atoms with van der Waals surface area (Å²) in [7, 11) is -3.97. The van der Waals surface area contributed by atoms with Gasteiger partial charge in [0.15, 0.2) is 0 Å². The SMILES string of the molecule is O=S(=O)(c1cc(F)cc(F)c1)N1Cc2cncnc2C1. The predicted octanol–water partition coefficient (Wildman–Crippen LogP) is 1.46. The molecule has 2 heterocycles. The Morgan fingerprint density at radius 2 is 1.80 bits per heavy atom. The molecule has 3 rings (SSSR count). The van der Waals surface area contributed by atoms with Crippen LogP contribution in [0.1, 0.15) is 11.3 Å². The van der Waals surface area contributed by atoms with E-state index in [0.29, 0.717) is 17.3 Å². The number of halogens is 2. The molecule has 8 heteroatoms. The highest BCUT2D eigenvalue weighted by molar-refractivity contribution is 7.89. The molecular formula is C12H9F2N3O2S. The van der Waals surface area contributed by atoms with Gasteiger partial charge in [-0.2, -0.15) is 4.31 Å². The second kappa shape index (κ2) is 4.57. The third-order valence-corrected chi connectivity index (χ3v) is 4.80. The van der Waals surface area contributed by atoms with Crippen molar-refractivity contribution in [2.24, 2.45) is 0 Å². The largest absolute Gasteiger partial charge is 0.244 e. The molecule has 0 spiro atoms. The van der Waals surface area contributed by atoms with Crippen molar-refractivity contribution < 1.29 is 17.2 Å². The molecule has 0 amide bonds. The van der Waals surface area contributed by atoms with Gasteiger partial charge >= 0.3 is 0 Å². The minimum absolute atomic E-state index is 0.0678. The van der Waals surface area contributed by atoms with Gasteiger partial charge in [0.1, 0.15) is 18.0 Å². The Kier molecular flexibility index (Phi) is 2.98. The van der Waals surface area contributed by atoms with Gasteiger partial charge in [-0.15, -0.1) is 0 Å². The van der Waals surface area contributed by atoms with E-state index < -0.39 is 26.6 Å². The van der Waals surface area contributed by atoms with E-state index in [1.54, 1.807) is 0 Å². The Balaban J connectivity index is 1.98. The molecule has 1 aromatic heterocycles. The predicted molar refractivity (Wildman–Crippen MR) is 64.8 cm³/mol. The van der Waals surface area contributed by atoms with Crippen molar-refractivity contribution in [3.05, 3.63) is 53.6 Å². The van der Waals surface area contributed by atoms with Crippen LogP contribution in [-0.4, -0.2) is 22.7 Å². The molecule has 0 saturated carbocycles. The normalized spacial score (nSPS) is 15.3. The Morgan fingerprint density at radius 3 is 2.45 bits per heavy atom. The van der Waals surface area contributed by atoms with Crippen LogP contribution in [0.4, 0.5) is 8.78 Å². The zero-order valence-corrected chi connectivity index (χ0v) is 10.9. The highest BCUT2D eigenvalue weighted by Gasteiger charge is 2.32. The van der Waals surface area contributed by atoms with Gasteiger partial charge in [-0.05, 0) is 12.1 Å². The van der Waals surface area contributed by atoms with Crippen molar-refractivity contribution in [3.63, 3.8) is 0 Å². The Hall–Kier alpha value is -1.93. The molecule has 1 aliphatic heterocycles. The second-order valence-corrected chi connectivity index (χ2v) is 6.31. The number of hydrogen-bond donors (Lipinski definition) is 0. The number of nitrogens with zero attached hydrogens (tertiary/aromatic N) is 3. The molecule has 20 heavy (non-hydrogen) atoms. The molecule has 5 nitrogen and oxygen atoms in total. The summed E-state index contributed by atoms with van der Waals surface area (Å²) >= 11 is 0. The minimum Gasteiger partial charge on any atom is -0.244 e. The molecule has 0 bridgehead atoms. The zero-order valence-electron chi connectivity index (χ0n) is 10.1. The van der Waals surface area contributed by atoms with Crippen LogP contribution in [-0.2, 0) is 23.1 Å². The molecule has 0 atom stereocenters. The van der Waals surface area contributed by atoms with Crippen LogP contribution in [0, 0.1) is 11.6 Å². The molecule has 0 unspecified atom stereocenters. The molecule has 0 saturated heterocycles. The number of hydrogen-bond acceptors (Lipinski definition) is 4. The van der Waals surface area contributed by atoms with Gasteiger partial charge in [-0.1, -0.05) is 0 Å². The lowest BCUT2D eigenvalue weighted by atomic mass is 10.3. The van der Waals surface area contributed by atoms with Crippen molar-refractivity contribution in [2.45, 2.75) is 18.0 Å². The van der Waals surface area contributed by atoms with E-state index in [4.69, 9.17) is 0 Å². The van der Waals surface area contributed by atoms with Gasteiger partial charge in [-0.3, -0.25) is 0 Å². The van der Waals surface area contributed by atoms with E-state index in [2.05, 4.69) is 9.97 Å². The van der Waals surface area contributed by atoms with Crippen LogP contribution in [0.25, 0.3) is 0 Å². The highest BCUT2D eigenvalue weighted by Crippen LogP contribution is 2.27. The smallest absolute Gasteiger partial charge is 0.243 e. The first kappa shape index (κ1) is 13.1. The number of fused-ring (bicyclic) bond motifs is 1.